The third-order valence-corrected chi connectivity index (χ3v) is 7.15. The van der Waals surface area contributed by atoms with E-state index in [-0.39, 0.29) is 29.2 Å². The Hall–Kier alpha value is -4.72. The van der Waals surface area contributed by atoms with Crippen LogP contribution in [0.15, 0.2) is 65.9 Å². The zero-order valence-corrected chi connectivity index (χ0v) is 20.1. The number of aliphatic carboxylic acids is 2. The van der Waals surface area contributed by atoms with Gasteiger partial charge in [0.05, 0.1) is 10.5 Å². The summed E-state index contributed by atoms with van der Waals surface area (Å²) in [5.41, 5.74) is -0.372. The minimum absolute atomic E-state index is 0.150. The summed E-state index contributed by atoms with van der Waals surface area (Å²) in [6.45, 7) is -0.288. The molecule has 0 aromatic heterocycles. The molecule has 2 unspecified atom stereocenters. The summed E-state index contributed by atoms with van der Waals surface area (Å²) in [4.78, 5) is 73.1. The number of non-ortho nitro benzene ring substituents is 1. The molecule has 0 radical (unpaired) electrons. The number of ether oxygens (including phenoxy) is 1. The first-order valence-electron chi connectivity index (χ1n) is 11.0. The second kappa shape index (κ2) is 10.7. The second-order valence-electron chi connectivity index (χ2n) is 8.21. The van der Waals surface area contributed by atoms with Gasteiger partial charge in [-0.05, 0) is 23.3 Å². The number of hydrogen-bond donors (Lipinski definition) is 3. The van der Waals surface area contributed by atoms with Crippen molar-refractivity contribution < 1.29 is 43.8 Å². The standard InChI is InChI=1S/C24H19N3O10S/c28-19(16(22(30)31)13-4-2-1-3-5-13)25-17-20(29)26-18(23(32)33)15(11-38-21(17)26)24(34)37-10-12-6-8-14(9-7-12)27(35)36/h1-9,16-17,21H,10-11H2,(H,25,28)(H,30,31)(H,32,33)/t16?,17?,21-/m0/s1. The van der Waals surface area contributed by atoms with Crippen LogP contribution in [0.2, 0.25) is 0 Å². The highest BCUT2D eigenvalue weighted by atomic mass is 32.2. The van der Waals surface area contributed by atoms with Crippen molar-refractivity contribution in [2.24, 2.45) is 0 Å². The van der Waals surface area contributed by atoms with Crippen LogP contribution in [-0.2, 0) is 35.3 Å². The Balaban J connectivity index is 1.47. The maximum absolute atomic E-state index is 12.9. The smallest absolute Gasteiger partial charge is 0.353 e. The lowest BCUT2D eigenvalue weighted by atomic mass is 9.96. The van der Waals surface area contributed by atoms with E-state index in [0.29, 0.717) is 5.56 Å². The molecule has 2 heterocycles. The highest BCUT2D eigenvalue weighted by Gasteiger charge is 2.55. The number of β-lactam (4-membered cyclic amide) rings is 1. The Bertz CT molecular complexity index is 1360. The lowest BCUT2D eigenvalue weighted by Gasteiger charge is -2.49. The third kappa shape index (κ3) is 5.06. The fraction of sp³-hybridized carbons (Fsp3) is 0.208. The molecule has 0 aliphatic carbocycles. The molecule has 2 aromatic rings. The van der Waals surface area contributed by atoms with E-state index in [1.165, 1.54) is 36.4 Å². The van der Waals surface area contributed by atoms with E-state index in [0.717, 1.165) is 16.7 Å². The van der Waals surface area contributed by atoms with Gasteiger partial charge in [-0.25, -0.2) is 9.59 Å². The molecule has 0 bridgehead atoms. The van der Waals surface area contributed by atoms with Crippen LogP contribution in [0.25, 0.3) is 0 Å². The maximum Gasteiger partial charge on any atom is 0.353 e. The summed E-state index contributed by atoms with van der Waals surface area (Å²) in [7, 11) is 0. The van der Waals surface area contributed by atoms with Crippen molar-refractivity contribution in [1.29, 1.82) is 0 Å². The first kappa shape index (κ1) is 26.3. The van der Waals surface area contributed by atoms with Gasteiger partial charge in [-0.3, -0.25) is 29.4 Å². The summed E-state index contributed by atoms with van der Waals surface area (Å²) in [5, 5.41) is 31.6. The number of thioether (sulfide) groups is 1. The van der Waals surface area contributed by atoms with Crippen LogP contribution in [0.3, 0.4) is 0 Å². The summed E-state index contributed by atoms with van der Waals surface area (Å²) >= 11 is 1.01. The quantitative estimate of drug-likeness (QED) is 0.136. The highest BCUT2D eigenvalue weighted by molar-refractivity contribution is 8.00. The molecule has 2 aliphatic rings. The topological polar surface area (TPSA) is 193 Å². The molecule has 4 rings (SSSR count). The van der Waals surface area contributed by atoms with Crippen LogP contribution in [0.1, 0.15) is 17.0 Å². The molecule has 196 valence electrons. The van der Waals surface area contributed by atoms with Gasteiger partial charge >= 0.3 is 17.9 Å². The van der Waals surface area contributed by atoms with E-state index in [1.807, 2.05) is 0 Å². The van der Waals surface area contributed by atoms with Crippen LogP contribution < -0.4 is 5.32 Å². The number of esters is 1. The molecule has 0 spiro atoms. The molecule has 13 nitrogen and oxygen atoms in total. The minimum Gasteiger partial charge on any atom is -0.480 e. The number of rotatable bonds is 9. The number of nitrogens with one attached hydrogen (secondary N) is 1. The number of carbonyl (C=O) groups is 5. The van der Waals surface area contributed by atoms with Crippen molar-refractivity contribution in [2.75, 3.05) is 5.75 Å². The van der Waals surface area contributed by atoms with Crippen LogP contribution in [0.4, 0.5) is 5.69 Å². The molecule has 14 heteroatoms. The fourth-order valence-electron chi connectivity index (χ4n) is 4.01. The largest absolute Gasteiger partial charge is 0.480 e. The Morgan fingerprint density at radius 3 is 2.34 bits per heavy atom. The summed E-state index contributed by atoms with van der Waals surface area (Å²) in [6.07, 6.45) is 0. The summed E-state index contributed by atoms with van der Waals surface area (Å²) < 4.78 is 5.17. The maximum atomic E-state index is 12.9. The van der Waals surface area contributed by atoms with E-state index >= 15 is 0 Å². The van der Waals surface area contributed by atoms with Crippen molar-refractivity contribution in [3.63, 3.8) is 0 Å². The summed E-state index contributed by atoms with van der Waals surface area (Å²) in [5.74, 6) is -7.43. The van der Waals surface area contributed by atoms with Gasteiger partial charge in [0.25, 0.3) is 11.6 Å². The van der Waals surface area contributed by atoms with Gasteiger partial charge in [0.1, 0.15) is 23.7 Å². The normalized spacial score (nSPS) is 19.1. The van der Waals surface area contributed by atoms with Gasteiger partial charge in [0.2, 0.25) is 5.91 Å². The van der Waals surface area contributed by atoms with Crippen molar-refractivity contribution in [2.45, 2.75) is 23.9 Å². The molecular weight excluding hydrogens is 522 g/mol. The zero-order chi connectivity index (χ0) is 27.6. The molecule has 3 N–H and O–H groups in total. The van der Waals surface area contributed by atoms with E-state index in [4.69, 9.17) is 4.74 Å². The van der Waals surface area contributed by atoms with Crippen molar-refractivity contribution in [1.82, 2.24) is 10.2 Å². The highest BCUT2D eigenvalue weighted by Crippen LogP contribution is 2.41. The van der Waals surface area contributed by atoms with Crippen molar-refractivity contribution >= 4 is 47.2 Å². The van der Waals surface area contributed by atoms with Crippen molar-refractivity contribution in [3.8, 4) is 0 Å². The Morgan fingerprint density at radius 1 is 1.11 bits per heavy atom. The van der Waals surface area contributed by atoms with Crippen LogP contribution in [0, 0.1) is 10.1 Å². The van der Waals surface area contributed by atoms with Gasteiger partial charge in [-0.1, -0.05) is 30.3 Å². The molecule has 1 fully saturated rings. The number of fused-ring (bicyclic) bond motifs is 1. The average molecular weight is 541 g/mol. The van der Waals surface area contributed by atoms with Gasteiger partial charge in [-0.15, -0.1) is 11.8 Å². The molecular formula is C24H19N3O10S. The fourth-order valence-corrected chi connectivity index (χ4v) is 5.34. The predicted molar refractivity (Wildman–Crippen MR) is 129 cm³/mol. The lowest BCUT2D eigenvalue weighted by Crippen LogP contribution is -2.71. The third-order valence-electron chi connectivity index (χ3n) is 5.87. The first-order chi connectivity index (χ1) is 18.1. The number of nitro groups is 1. The number of nitro benzene ring substituents is 1. The number of carboxylic acid groups (broad SMARTS) is 2. The monoisotopic (exact) mass is 541 g/mol. The van der Waals surface area contributed by atoms with Crippen LogP contribution in [-0.4, -0.2) is 66.9 Å². The molecule has 2 aromatic carbocycles. The van der Waals surface area contributed by atoms with Gasteiger partial charge in [-0.2, -0.15) is 0 Å². The van der Waals surface area contributed by atoms with Crippen molar-refractivity contribution in [3.05, 3.63) is 87.1 Å². The summed E-state index contributed by atoms with van der Waals surface area (Å²) in [6, 6.07) is 11.7. The Morgan fingerprint density at radius 2 is 1.76 bits per heavy atom. The van der Waals surface area contributed by atoms with Crippen LogP contribution in [0.5, 0.6) is 0 Å². The van der Waals surface area contributed by atoms with E-state index < -0.39 is 57.7 Å². The van der Waals surface area contributed by atoms with E-state index in [2.05, 4.69) is 5.32 Å². The molecule has 2 aliphatic heterocycles. The zero-order valence-electron chi connectivity index (χ0n) is 19.3. The number of carbonyl (C=O) groups excluding carboxylic acids is 3. The number of benzene rings is 2. The molecule has 2 amide bonds. The van der Waals surface area contributed by atoms with Gasteiger partial charge in [0.15, 0.2) is 5.92 Å². The second-order valence-corrected chi connectivity index (χ2v) is 9.31. The van der Waals surface area contributed by atoms with Gasteiger partial charge in [0, 0.05) is 17.9 Å². The molecule has 3 atom stereocenters. The molecule has 1 saturated heterocycles. The SMILES string of the molecule is O=C(O)C1=C(C(=O)OCc2ccc([N+](=O)[O-])cc2)CS[C@H]2C(NC(=O)C(C(=O)O)c3ccccc3)C(=O)N12. The number of amides is 2. The minimum atomic E-state index is -1.58. The predicted octanol–water partition coefficient (Wildman–Crippen LogP) is 1.24. The Labute approximate surface area is 218 Å². The molecule has 0 saturated carbocycles. The van der Waals surface area contributed by atoms with E-state index in [9.17, 15) is 44.3 Å². The van der Waals surface area contributed by atoms with E-state index in [1.54, 1.807) is 18.2 Å². The van der Waals surface area contributed by atoms with Gasteiger partial charge < -0.3 is 20.3 Å². The first-order valence-corrected chi connectivity index (χ1v) is 12.0. The molecule has 38 heavy (non-hydrogen) atoms. The number of hydrogen-bond acceptors (Lipinski definition) is 9. The lowest BCUT2D eigenvalue weighted by molar-refractivity contribution is -0.384. The number of nitrogens with zero attached hydrogens (tertiary/aromatic N) is 2. The Kier molecular flexibility index (Phi) is 7.43. The number of carboxylic acids is 2. The average Bonchev–Trinajstić information content (AvgIpc) is 2.90. The van der Waals surface area contributed by atoms with Crippen LogP contribution >= 0.6 is 11.8 Å².